The van der Waals surface area contributed by atoms with Gasteiger partial charge in [-0.3, -0.25) is 0 Å². The zero-order valence-electron chi connectivity index (χ0n) is 12.2. The van der Waals surface area contributed by atoms with Crippen LogP contribution in [-0.2, 0) is 21.7 Å². The van der Waals surface area contributed by atoms with Gasteiger partial charge in [0.15, 0.2) is 0 Å². The van der Waals surface area contributed by atoms with Crippen LogP contribution in [0, 0.1) is 0 Å². The normalized spacial score (nSPS) is 15.2. The Balaban J connectivity index is 0.00000144. The fourth-order valence-electron chi connectivity index (χ4n) is 3.17. The molecule has 1 unspecified atom stereocenters. The van der Waals surface area contributed by atoms with E-state index < -0.39 is 0 Å². The predicted octanol–water partition coefficient (Wildman–Crippen LogP) is 5.51. The minimum Gasteiger partial charge on any atom is -0.0720 e. The van der Waals surface area contributed by atoms with E-state index in [0.717, 1.165) is 0 Å². The molecule has 0 radical (unpaired) electrons. The summed E-state index contributed by atoms with van der Waals surface area (Å²) < 4.78 is 0. The van der Waals surface area contributed by atoms with E-state index >= 15 is 0 Å². The molecule has 3 aromatic rings. The Morgan fingerprint density at radius 1 is 0.591 bits per heavy atom. The minimum atomic E-state index is 0. The summed E-state index contributed by atoms with van der Waals surface area (Å²) in [5, 5.41) is 0. The van der Waals surface area contributed by atoms with Gasteiger partial charge in [-0.25, -0.2) is 0 Å². The maximum atomic E-state index is 2.31. The Morgan fingerprint density at radius 2 is 1.23 bits per heavy atom. The van der Waals surface area contributed by atoms with Crippen LogP contribution in [-0.4, -0.2) is 0 Å². The van der Waals surface area contributed by atoms with E-state index in [2.05, 4.69) is 91.0 Å². The van der Waals surface area contributed by atoms with Gasteiger partial charge in [-0.15, -0.1) is 0 Å². The summed E-state index contributed by atoms with van der Waals surface area (Å²) in [6, 6.07) is 28.0. The van der Waals surface area contributed by atoms with Gasteiger partial charge in [0.2, 0.25) is 0 Å². The molecule has 1 aliphatic rings. The number of hydrogen-bond donors (Lipinski definition) is 0. The molecule has 104 valence electrons. The molecule has 22 heavy (non-hydrogen) atoms. The molecule has 0 spiro atoms. The van der Waals surface area contributed by atoms with Crippen molar-refractivity contribution in [3.8, 4) is 11.1 Å². The average Bonchev–Trinajstić information content (AvgIpc) is 3.00. The van der Waals surface area contributed by atoms with Crippen LogP contribution in [0.25, 0.3) is 17.2 Å². The first kappa shape index (κ1) is 15.0. The molecule has 0 bridgehead atoms. The van der Waals surface area contributed by atoms with Gasteiger partial charge >= 0.3 is 0 Å². The van der Waals surface area contributed by atoms with Crippen LogP contribution in [0.2, 0.25) is 0 Å². The zero-order valence-corrected chi connectivity index (χ0v) is 13.8. The van der Waals surface area contributed by atoms with Crippen LogP contribution in [0.1, 0.15) is 22.6 Å². The summed E-state index contributed by atoms with van der Waals surface area (Å²) >= 11 is 0. The average molecular weight is 316 g/mol. The van der Waals surface area contributed by atoms with E-state index in [9.17, 15) is 0 Å². The van der Waals surface area contributed by atoms with Crippen LogP contribution in [0.4, 0.5) is 0 Å². The van der Waals surface area contributed by atoms with Crippen molar-refractivity contribution in [2.45, 2.75) is 5.92 Å². The molecule has 0 aromatic heterocycles. The third kappa shape index (κ3) is 2.61. The van der Waals surface area contributed by atoms with E-state index in [1.165, 1.54) is 27.8 Å². The summed E-state index contributed by atoms with van der Waals surface area (Å²) in [4.78, 5) is 0. The van der Waals surface area contributed by atoms with Crippen LogP contribution in [0.3, 0.4) is 0 Å². The second-order valence-electron chi connectivity index (χ2n) is 5.42. The minimum absolute atomic E-state index is 0. The molecule has 0 amide bonds. The van der Waals surface area contributed by atoms with Crippen molar-refractivity contribution in [1.82, 2.24) is 0 Å². The SMILES string of the molecule is C1=CC(c2ccccc2-c2ccccc2)c2ccccc21.[Ti]. The van der Waals surface area contributed by atoms with E-state index in [-0.39, 0.29) is 21.7 Å². The first-order valence-corrected chi connectivity index (χ1v) is 7.35. The smallest absolute Gasteiger partial charge is 0.0284 e. The summed E-state index contributed by atoms with van der Waals surface area (Å²) in [6.07, 6.45) is 4.55. The standard InChI is InChI=1S/C21H16.Ti/c1-2-8-16(9-3-1)18-12-6-7-13-20(18)21-15-14-17-10-4-5-11-19(17)21;/h1-15,21H;. The van der Waals surface area contributed by atoms with Crippen LogP contribution >= 0.6 is 0 Å². The summed E-state index contributed by atoms with van der Waals surface area (Å²) in [7, 11) is 0. The van der Waals surface area contributed by atoms with Crippen molar-refractivity contribution in [1.29, 1.82) is 0 Å². The van der Waals surface area contributed by atoms with Gasteiger partial charge in [-0.05, 0) is 27.8 Å². The number of fused-ring (bicyclic) bond motifs is 1. The van der Waals surface area contributed by atoms with Crippen molar-refractivity contribution in [3.05, 3.63) is 102 Å². The monoisotopic (exact) mass is 316 g/mol. The van der Waals surface area contributed by atoms with Gasteiger partial charge in [0.25, 0.3) is 0 Å². The van der Waals surface area contributed by atoms with Gasteiger partial charge in [0.05, 0.1) is 0 Å². The fraction of sp³-hybridized carbons (Fsp3) is 0.0476. The molecule has 1 heteroatoms. The summed E-state index contributed by atoms with van der Waals surface area (Å²) in [5.41, 5.74) is 6.73. The maximum absolute atomic E-state index is 2.31. The Kier molecular flexibility index (Phi) is 4.43. The van der Waals surface area contributed by atoms with Crippen molar-refractivity contribution in [2.75, 3.05) is 0 Å². The van der Waals surface area contributed by atoms with E-state index in [4.69, 9.17) is 0 Å². The first-order chi connectivity index (χ1) is 10.4. The third-order valence-electron chi connectivity index (χ3n) is 4.18. The second-order valence-corrected chi connectivity index (χ2v) is 5.42. The molecular weight excluding hydrogens is 300 g/mol. The summed E-state index contributed by atoms with van der Waals surface area (Å²) in [6.45, 7) is 0. The molecule has 4 rings (SSSR count). The molecular formula is C21H16Ti. The van der Waals surface area contributed by atoms with Crippen molar-refractivity contribution >= 4 is 6.08 Å². The predicted molar refractivity (Wildman–Crippen MR) is 89.2 cm³/mol. The number of hydrogen-bond acceptors (Lipinski definition) is 0. The van der Waals surface area contributed by atoms with Gasteiger partial charge in [0, 0.05) is 27.6 Å². The Labute approximate surface area is 146 Å². The molecule has 0 heterocycles. The summed E-state index contributed by atoms with van der Waals surface area (Å²) in [5.74, 6) is 0.359. The Hall–Kier alpha value is -1.89. The zero-order chi connectivity index (χ0) is 14.1. The molecule has 0 nitrogen and oxygen atoms in total. The fourth-order valence-corrected chi connectivity index (χ4v) is 3.17. The molecule has 0 N–H and O–H groups in total. The molecule has 0 saturated carbocycles. The second kappa shape index (κ2) is 6.48. The maximum Gasteiger partial charge on any atom is 0.0284 e. The topological polar surface area (TPSA) is 0 Å². The number of benzene rings is 3. The quantitative estimate of drug-likeness (QED) is 0.547. The van der Waals surface area contributed by atoms with Crippen molar-refractivity contribution < 1.29 is 21.7 Å². The number of allylic oxidation sites excluding steroid dienone is 1. The van der Waals surface area contributed by atoms with E-state index in [1.54, 1.807) is 0 Å². The first-order valence-electron chi connectivity index (χ1n) is 7.35. The molecule has 1 aliphatic carbocycles. The number of rotatable bonds is 2. The van der Waals surface area contributed by atoms with E-state index in [0.29, 0.717) is 5.92 Å². The van der Waals surface area contributed by atoms with Crippen LogP contribution in [0.15, 0.2) is 84.9 Å². The van der Waals surface area contributed by atoms with Crippen LogP contribution in [0.5, 0.6) is 0 Å². The molecule has 0 fully saturated rings. The molecule has 3 aromatic carbocycles. The van der Waals surface area contributed by atoms with Crippen molar-refractivity contribution in [3.63, 3.8) is 0 Å². The van der Waals surface area contributed by atoms with Gasteiger partial charge in [-0.1, -0.05) is 91.0 Å². The van der Waals surface area contributed by atoms with Gasteiger partial charge in [0.1, 0.15) is 0 Å². The van der Waals surface area contributed by atoms with Crippen LogP contribution < -0.4 is 0 Å². The third-order valence-corrected chi connectivity index (χ3v) is 4.18. The van der Waals surface area contributed by atoms with Gasteiger partial charge in [-0.2, -0.15) is 0 Å². The van der Waals surface area contributed by atoms with Gasteiger partial charge < -0.3 is 0 Å². The Bertz CT molecular complexity index is 803. The van der Waals surface area contributed by atoms with Crippen molar-refractivity contribution in [2.24, 2.45) is 0 Å². The molecule has 0 saturated heterocycles. The molecule has 1 atom stereocenters. The Morgan fingerprint density at radius 3 is 2.05 bits per heavy atom. The largest absolute Gasteiger partial charge is 0.0720 e. The van der Waals surface area contributed by atoms with E-state index in [1.807, 2.05) is 0 Å². The molecule has 0 aliphatic heterocycles.